The maximum Gasteiger partial charge on any atom is 0.225 e. The second-order valence-corrected chi connectivity index (χ2v) is 5.04. The van der Waals surface area contributed by atoms with Gasteiger partial charge in [-0.25, -0.2) is 4.98 Å². The molecule has 2 aromatic heterocycles. The predicted molar refractivity (Wildman–Crippen MR) is 69.8 cm³/mol. The van der Waals surface area contributed by atoms with Crippen molar-refractivity contribution in [1.82, 2.24) is 9.97 Å². The Hall–Kier alpha value is -1.40. The van der Waals surface area contributed by atoms with E-state index < -0.39 is 0 Å². The first-order chi connectivity index (χ1) is 8.28. The molecule has 3 rings (SSSR count). The molecule has 1 aliphatic heterocycles. The highest BCUT2D eigenvalue weighted by molar-refractivity contribution is 7.16. The summed E-state index contributed by atoms with van der Waals surface area (Å²) < 4.78 is 0. The first-order valence-electron chi connectivity index (χ1n) is 5.64. The van der Waals surface area contributed by atoms with Crippen LogP contribution in [0.2, 0.25) is 0 Å². The van der Waals surface area contributed by atoms with Gasteiger partial charge in [0.1, 0.15) is 10.6 Å². The third-order valence-electron chi connectivity index (χ3n) is 2.99. The Labute approximate surface area is 103 Å². The lowest BCUT2D eigenvalue weighted by Crippen LogP contribution is -2.22. The second kappa shape index (κ2) is 4.12. The van der Waals surface area contributed by atoms with Crippen LogP contribution in [0.5, 0.6) is 0 Å². The molecule has 2 aromatic rings. The van der Waals surface area contributed by atoms with Crippen LogP contribution < -0.4 is 10.2 Å². The van der Waals surface area contributed by atoms with Crippen LogP contribution in [0.25, 0.3) is 10.2 Å². The molecule has 0 radical (unpaired) electrons. The van der Waals surface area contributed by atoms with Crippen LogP contribution in [0.1, 0.15) is 6.42 Å². The van der Waals surface area contributed by atoms with Gasteiger partial charge in [0.05, 0.1) is 11.5 Å². The summed E-state index contributed by atoms with van der Waals surface area (Å²) in [6.45, 7) is 1.51. The van der Waals surface area contributed by atoms with Crippen molar-refractivity contribution in [3.63, 3.8) is 0 Å². The van der Waals surface area contributed by atoms with E-state index in [0.717, 1.165) is 29.0 Å². The normalized spacial score (nSPS) is 20.1. The summed E-state index contributed by atoms with van der Waals surface area (Å²) in [7, 11) is 1.82. The van der Waals surface area contributed by atoms with E-state index in [1.807, 2.05) is 18.5 Å². The molecule has 17 heavy (non-hydrogen) atoms. The van der Waals surface area contributed by atoms with Gasteiger partial charge in [0.25, 0.3) is 0 Å². The van der Waals surface area contributed by atoms with Gasteiger partial charge >= 0.3 is 0 Å². The number of aliphatic hydroxyl groups excluding tert-OH is 1. The summed E-state index contributed by atoms with van der Waals surface area (Å²) in [5.41, 5.74) is 0. The monoisotopic (exact) mass is 250 g/mol. The lowest BCUT2D eigenvalue weighted by Gasteiger charge is -2.18. The third kappa shape index (κ3) is 1.83. The second-order valence-electron chi connectivity index (χ2n) is 4.15. The van der Waals surface area contributed by atoms with Crippen molar-refractivity contribution in [2.24, 2.45) is 0 Å². The fraction of sp³-hybridized carbons (Fsp3) is 0.455. The minimum atomic E-state index is -0.239. The predicted octanol–water partition coefficient (Wildman–Crippen LogP) is 1.30. The SMILES string of the molecule is CNc1nc(N2CCC(O)C2)c2ccsc2n1. The van der Waals surface area contributed by atoms with Gasteiger partial charge in [0.15, 0.2) is 0 Å². The summed E-state index contributed by atoms with van der Waals surface area (Å²) in [5, 5.41) is 15.7. The number of β-amino-alcohol motifs (C(OH)–C–C–N with tert-alkyl or cyclic N) is 1. The Balaban J connectivity index is 2.10. The number of nitrogens with zero attached hydrogens (tertiary/aromatic N) is 3. The molecule has 1 fully saturated rings. The van der Waals surface area contributed by atoms with E-state index in [1.165, 1.54) is 0 Å². The van der Waals surface area contributed by atoms with Crippen LogP contribution in [0.3, 0.4) is 0 Å². The Morgan fingerprint density at radius 2 is 2.41 bits per heavy atom. The van der Waals surface area contributed by atoms with Crippen molar-refractivity contribution in [2.75, 3.05) is 30.4 Å². The van der Waals surface area contributed by atoms with Crippen LogP contribution in [0, 0.1) is 0 Å². The quantitative estimate of drug-likeness (QED) is 0.841. The molecule has 1 aliphatic rings. The molecule has 0 amide bonds. The number of thiophene rings is 1. The summed E-state index contributed by atoms with van der Waals surface area (Å²) in [6.07, 6.45) is 0.571. The number of aromatic nitrogens is 2. The van der Waals surface area contributed by atoms with Crippen molar-refractivity contribution in [2.45, 2.75) is 12.5 Å². The number of hydrogen-bond donors (Lipinski definition) is 2. The van der Waals surface area contributed by atoms with Gasteiger partial charge in [-0.2, -0.15) is 4.98 Å². The van der Waals surface area contributed by atoms with E-state index in [9.17, 15) is 5.11 Å². The maximum absolute atomic E-state index is 9.61. The molecule has 2 N–H and O–H groups in total. The molecule has 6 heteroatoms. The lowest BCUT2D eigenvalue weighted by atomic mass is 10.3. The minimum absolute atomic E-state index is 0.239. The molecule has 5 nitrogen and oxygen atoms in total. The number of aliphatic hydroxyl groups is 1. The molecular weight excluding hydrogens is 236 g/mol. The third-order valence-corrected chi connectivity index (χ3v) is 3.80. The average molecular weight is 250 g/mol. The molecule has 3 heterocycles. The van der Waals surface area contributed by atoms with E-state index >= 15 is 0 Å². The lowest BCUT2D eigenvalue weighted by molar-refractivity contribution is 0.198. The summed E-state index contributed by atoms with van der Waals surface area (Å²) in [5.74, 6) is 1.56. The van der Waals surface area contributed by atoms with Gasteiger partial charge in [-0.15, -0.1) is 11.3 Å². The Morgan fingerprint density at radius 1 is 1.53 bits per heavy atom. The number of hydrogen-bond acceptors (Lipinski definition) is 6. The topological polar surface area (TPSA) is 61.3 Å². The fourth-order valence-corrected chi connectivity index (χ4v) is 2.89. The minimum Gasteiger partial charge on any atom is -0.391 e. The van der Waals surface area contributed by atoms with E-state index in [1.54, 1.807) is 11.3 Å². The number of fused-ring (bicyclic) bond motifs is 1. The molecule has 0 bridgehead atoms. The van der Waals surface area contributed by atoms with Crippen LogP contribution in [-0.4, -0.2) is 41.3 Å². The molecular formula is C11H14N4OS. The Morgan fingerprint density at radius 3 is 3.12 bits per heavy atom. The van der Waals surface area contributed by atoms with Crippen molar-refractivity contribution in [1.29, 1.82) is 0 Å². The molecule has 90 valence electrons. The van der Waals surface area contributed by atoms with Gasteiger partial charge in [-0.05, 0) is 17.9 Å². The number of rotatable bonds is 2. The zero-order valence-corrected chi connectivity index (χ0v) is 10.4. The summed E-state index contributed by atoms with van der Waals surface area (Å²) in [4.78, 5) is 12.0. The van der Waals surface area contributed by atoms with Crippen LogP contribution in [0.4, 0.5) is 11.8 Å². The number of anilines is 2. The van der Waals surface area contributed by atoms with Gasteiger partial charge < -0.3 is 15.3 Å². The van der Waals surface area contributed by atoms with Crippen molar-refractivity contribution < 1.29 is 5.11 Å². The first-order valence-corrected chi connectivity index (χ1v) is 6.52. The van der Waals surface area contributed by atoms with Gasteiger partial charge in [0, 0.05) is 20.1 Å². The Kier molecular flexibility index (Phi) is 2.60. The smallest absolute Gasteiger partial charge is 0.225 e. The molecule has 1 saturated heterocycles. The van der Waals surface area contributed by atoms with Crippen molar-refractivity contribution >= 4 is 33.3 Å². The Bertz CT molecular complexity index is 541. The highest BCUT2D eigenvalue weighted by Crippen LogP contribution is 2.30. The highest BCUT2D eigenvalue weighted by atomic mass is 32.1. The zero-order chi connectivity index (χ0) is 11.8. The van der Waals surface area contributed by atoms with Crippen LogP contribution in [-0.2, 0) is 0 Å². The molecule has 0 aromatic carbocycles. The van der Waals surface area contributed by atoms with Crippen molar-refractivity contribution in [3.05, 3.63) is 11.4 Å². The van der Waals surface area contributed by atoms with Crippen molar-refractivity contribution in [3.8, 4) is 0 Å². The molecule has 1 unspecified atom stereocenters. The van der Waals surface area contributed by atoms with Gasteiger partial charge in [0.2, 0.25) is 5.95 Å². The van der Waals surface area contributed by atoms with Crippen LogP contribution >= 0.6 is 11.3 Å². The molecule has 0 spiro atoms. The van der Waals surface area contributed by atoms with Gasteiger partial charge in [-0.3, -0.25) is 0 Å². The summed E-state index contributed by atoms with van der Waals surface area (Å²) in [6, 6.07) is 2.04. The first kappa shape index (κ1) is 10.7. The average Bonchev–Trinajstić information content (AvgIpc) is 2.95. The molecule has 0 saturated carbocycles. The van der Waals surface area contributed by atoms with Gasteiger partial charge in [-0.1, -0.05) is 0 Å². The maximum atomic E-state index is 9.61. The van der Waals surface area contributed by atoms with E-state index in [4.69, 9.17) is 0 Å². The van der Waals surface area contributed by atoms with E-state index in [0.29, 0.717) is 12.5 Å². The zero-order valence-electron chi connectivity index (χ0n) is 9.55. The largest absolute Gasteiger partial charge is 0.391 e. The van der Waals surface area contributed by atoms with E-state index in [2.05, 4.69) is 20.2 Å². The number of nitrogens with one attached hydrogen (secondary N) is 1. The highest BCUT2D eigenvalue weighted by Gasteiger charge is 2.23. The van der Waals surface area contributed by atoms with E-state index in [-0.39, 0.29) is 6.10 Å². The standard InChI is InChI=1S/C11H14N4OS/c1-12-11-13-9(15-4-2-7(16)6-15)8-3-5-17-10(8)14-11/h3,5,7,16H,2,4,6H2,1H3,(H,12,13,14). The molecule has 0 aliphatic carbocycles. The fourth-order valence-electron chi connectivity index (χ4n) is 2.13. The molecule has 1 atom stereocenters. The summed E-state index contributed by atoms with van der Waals surface area (Å²) >= 11 is 1.61. The van der Waals surface area contributed by atoms with Crippen LogP contribution in [0.15, 0.2) is 11.4 Å².